The van der Waals surface area contributed by atoms with Crippen LogP contribution in [0.15, 0.2) is 86.9 Å². The number of aryl methyl sites for hydroxylation is 1. The minimum atomic E-state index is -3.74. The summed E-state index contributed by atoms with van der Waals surface area (Å²) in [6.07, 6.45) is 0. The van der Waals surface area contributed by atoms with Gasteiger partial charge in [0.15, 0.2) is 0 Å². The van der Waals surface area contributed by atoms with Crippen molar-refractivity contribution in [2.45, 2.75) is 11.8 Å². The Balaban J connectivity index is 1.76. The zero-order chi connectivity index (χ0) is 20.6. The number of halogens is 1. The smallest absolute Gasteiger partial charge is 0.344 e. The Bertz CT molecular complexity index is 1380. The van der Waals surface area contributed by atoms with Gasteiger partial charge in [0.1, 0.15) is 5.58 Å². The molecule has 0 atom stereocenters. The Kier molecular flexibility index (Phi) is 4.90. The van der Waals surface area contributed by atoms with Crippen LogP contribution in [0.2, 0.25) is 5.02 Å². The number of anilines is 1. The van der Waals surface area contributed by atoms with Crippen LogP contribution >= 0.6 is 11.6 Å². The average Bonchev–Trinajstić information content (AvgIpc) is 2.68. The van der Waals surface area contributed by atoms with Crippen LogP contribution in [-0.4, -0.2) is 8.42 Å². The average molecular weight is 426 g/mol. The van der Waals surface area contributed by atoms with Crippen molar-refractivity contribution in [3.8, 4) is 11.1 Å². The molecule has 1 aromatic heterocycles. The number of sulfonamides is 1. The van der Waals surface area contributed by atoms with Crippen LogP contribution in [0.3, 0.4) is 0 Å². The van der Waals surface area contributed by atoms with Crippen molar-refractivity contribution in [2.24, 2.45) is 0 Å². The molecule has 5 nitrogen and oxygen atoms in total. The normalized spacial score (nSPS) is 11.5. The van der Waals surface area contributed by atoms with Crippen molar-refractivity contribution >= 4 is 38.3 Å². The van der Waals surface area contributed by atoms with Gasteiger partial charge in [-0.25, -0.2) is 13.2 Å². The van der Waals surface area contributed by atoms with Crippen molar-refractivity contribution in [3.63, 3.8) is 0 Å². The Hall–Kier alpha value is -3.09. The highest BCUT2D eigenvalue weighted by atomic mass is 35.5. The first-order chi connectivity index (χ1) is 13.8. The summed E-state index contributed by atoms with van der Waals surface area (Å²) in [5.74, 6) is 0. The molecule has 4 aromatic rings. The SMILES string of the molecule is Cc1ccc(S(=O)(=O)Nc2ccc3oc(=O)c(-c4ccccc4Cl)cc3c2)cc1. The molecule has 7 heteroatoms. The summed E-state index contributed by atoms with van der Waals surface area (Å²) in [6, 6.07) is 19.9. The maximum absolute atomic E-state index is 12.6. The molecule has 1 heterocycles. The van der Waals surface area contributed by atoms with Gasteiger partial charge >= 0.3 is 5.63 Å². The van der Waals surface area contributed by atoms with E-state index in [9.17, 15) is 13.2 Å². The molecule has 0 aliphatic heterocycles. The van der Waals surface area contributed by atoms with Crippen LogP contribution in [0.4, 0.5) is 5.69 Å². The molecule has 29 heavy (non-hydrogen) atoms. The molecule has 3 aromatic carbocycles. The lowest BCUT2D eigenvalue weighted by atomic mass is 10.1. The lowest BCUT2D eigenvalue weighted by Gasteiger charge is -2.10. The number of hydrogen-bond acceptors (Lipinski definition) is 4. The van der Waals surface area contributed by atoms with E-state index >= 15 is 0 Å². The van der Waals surface area contributed by atoms with Gasteiger partial charge in [-0.1, -0.05) is 47.5 Å². The van der Waals surface area contributed by atoms with Gasteiger partial charge in [-0.15, -0.1) is 0 Å². The van der Waals surface area contributed by atoms with Crippen molar-refractivity contribution in [2.75, 3.05) is 4.72 Å². The first-order valence-electron chi connectivity index (χ1n) is 8.76. The third kappa shape index (κ3) is 3.90. The maximum atomic E-state index is 12.6. The molecular formula is C22H16ClNO4S. The molecule has 0 unspecified atom stereocenters. The van der Waals surface area contributed by atoms with E-state index in [0.717, 1.165) is 5.56 Å². The molecule has 0 saturated carbocycles. The molecule has 0 fully saturated rings. The van der Waals surface area contributed by atoms with E-state index in [0.29, 0.717) is 32.8 Å². The number of fused-ring (bicyclic) bond motifs is 1. The Labute approximate surface area is 172 Å². The summed E-state index contributed by atoms with van der Waals surface area (Å²) in [5, 5.41) is 0.999. The molecular weight excluding hydrogens is 410 g/mol. The van der Waals surface area contributed by atoms with Crippen LogP contribution in [0.5, 0.6) is 0 Å². The predicted octanol–water partition coefficient (Wildman–Crippen LogP) is 5.22. The largest absolute Gasteiger partial charge is 0.422 e. The quantitative estimate of drug-likeness (QED) is 0.454. The van der Waals surface area contributed by atoms with E-state index in [1.54, 1.807) is 72.8 Å². The van der Waals surface area contributed by atoms with E-state index in [4.69, 9.17) is 16.0 Å². The third-order valence-corrected chi connectivity index (χ3v) is 6.21. The summed E-state index contributed by atoms with van der Waals surface area (Å²) >= 11 is 6.21. The van der Waals surface area contributed by atoms with Crippen molar-refractivity contribution in [3.05, 3.63) is 93.8 Å². The topological polar surface area (TPSA) is 76.4 Å². The zero-order valence-corrected chi connectivity index (χ0v) is 16.9. The summed E-state index contributed by atoms with van der Waals surface area (Å²) in [6.45, 7) is 1.89. The van der Waals surface area contributed by atoms with Crippen LogP contribution in [-0.2, 0) is 10.0 Å². The minimum absolute atomic E-state index is 0.166. The first kappa shape index (κ1) is 19.2. The van der Waals surface area contributed by atoms with Crippen LogP contribution in [0.1, 0.15) is 5.56 Å². The highest BCUT2D eigenvalue weighted by molar-refractivity contribution is 7.92. The standard InChI is InChI=1S/C22H16ClNO4S/c1-14-6-9-17(10-7-14)29(26,27)24-16-8-11-21-15(12-16)13-19(22(25)28-21)18-4-2-3-5-20(18)23/h2-13,24H,1H3. The summed E-state index contributed by atoms with van der Waals surface area (Å²) in [7, 11) is -3.74. The van der Waals surface area contributed by atoms with Crippen LogP contribution < -0.4 is 10.3 Å². The molecule has 4 rings (SSSR count). The van der Waals surface area contributed by atoms with Crippen molar-refractivity contribution in [1.29, 1.82) is 0 Å². The van der Waals surface area contributed by atoms with Gasteiger partial charge in [0.2, 0.25) is 0 Å². The second-order valence-electron chi connectivity index (χ2n) is 6.60. The third-order valence-electron chi connectivity index (χ3n) is 4.48. The second kappa shape index (κ2) is 7.39. The lowest BCUT2D eigenvalue weighted by molar-refractivity contribution is 0.563. The Morgan fingerprint density at radius 3 is 2.34 bits per heavy atom. The van der Waals surface area contributed by atoms with Gasteiger partial charge in [-0.05, 0) is 49.4 Å². The molecule has 0 saturated heterocycles. The van der Waals surface area contributed by atoms with E-state index in [-0.39, 0.29) is 4.90 Å². The van der Waals surface area contributed by atoms with Crippen molar-refractivity contribution < 1.29 is 12.8 Å². The Morgan fingerprint density at radius 2 is 1.62 bits per heavy atom. The van der Waals surface area contributed by atoms with Gasteiger partial charge in [0.05, 0.1) is 10.5 Å². The van der Waals surface area contributed by atoms with Gasteiger partial charge in [0, 0.05) is 21.7 Å². The van der Waals surface area contributed by atoms with Crippen LogP contribution in [0.25, 0.3) is 22.1 Å². The number of rotatable bonds is 4. The highest BCUT2D eigenvalue weighted by Gasteiger charge is 2.15. The molecule has 0 aliphatic rings. The Morgan fingerprint density at radius 1 is 0.897 bits per heavy atom. The van der Waals surface area contributed by atoms with Crippen LogP contribution in [0, 0.1) is 6.92 Å². The highest BCUT2D eigenvalue weighted by Crippen LogP contribution is 2.29. The van der Waals surface area contributed by atoms with Gasteiger partial charge in [-0.3, -0.25) is 4.72 Å². The zero-order valence-electron chi connectivity index (χ0n) is 15.3. The molecule has 0 radical (unpaired) electrons. The van der Waals surface area contributed by atoms with E-state index in [1.165, 1.54) is 0 Å². The number of benzene rings is 3. The molecule has 0 bridgehead atoms. The molecule has 146 valence electrons. The summed E-state index contributed by atoms with van der Waals surface area (Å²) in [4.78, 5) is 12.5. The first-order valence-corrected chi connectivity index (χ1v) is 10.6. The monoisotopic (exact) mass is 425 g/mol. The lowest BCUT2D eigenvalue weighted by Crippen LogP contribution is -2.13. The number of nitrogens with one attached hydrogen (secondary N) is 1. The van der Waals surface area contributed by atoms with Gasteiger partial charge in [-0.2, -0.15) is 0 Å². The van der Waals surface area contributed by atoms with Gasteiger partial charge in [0.25, 0.3) is 10.0 Å². The van der Waals surface area contributed by atoms with Gasteiger partial charge < -0.3 is 4.42 Å². The van der Waals surface area contributed by atoms with E-state index in [1.807, 2.05) is 6.92 Å². The predicted molar refractivity (Wildman–Crippen MR) is 115 cm³/mol. The molecule has 0 amide bonds. The maximum Gasteiger partial charge on any atom is 0.344 e. The fourth-order valence-corrected chi connectivity index (χ4v) is 4.27. The molecule has 0 aliphatic carbocycles. The fourth-order valence-electron chi connectivity index (χ4n) is 2.99. The molecule has 1 N–H and O–H groups in total. The second-order valence-corrected chi connectivity index (χ2v) is 8.69. The van der Waals surface area contributed by atoms with E-state index < -0.39 is 15.6 Å². The fraction of sp³-hybridized carbons (Fsp3) is 0.0455. The van der Waals surface area contributed by atoms with E-state index in [2.05, 4.69) is 4.72 Å². The minimum Gasteiger partial charge on any atom is -0.422 e. The summed E-state index contributed by atoms with van der Waals surface area (Å²) in [5.41, 5.74) is 2.02. The van der Waals surface area contributed by atoms with Crippen molar-refractivity contribution in [1.82, 2.24) is 0 Å². The summed E-state index contributed by atoms with van der Waals surface area (Å²) < 4.78 is 33.2. The number of hydrogen-bond donors (Lipinski definition) is 1. The molecule has 0 spiro atoms.